The Morgan fingerprint density at radius 1 is 0.315 bits per heavy atom. The Hall–Kier alpha value is -1.19. The molecule has 0 bridgehead atoms. The van der Waals surface area contributed by atoms with Gasteiger partial charge in [0.2, 0.25) is 0 Å². The fraction of sp³-hybridized carbons (Fsp3) is 0.591. The molecule has 0 fully saturated rings. The van der Waals surface area contributed by atoms with Crippen LogP contribution in [-0.2, 0) is 22.8 Å². The number of unbranched alkanes of at least 4 members (excludes halogenated alkanes) is 4. The number of hydrogen-bond donors (Lipinski definition) is 0. The van der Waals surface area contributed by atoms with Gasteiger partial charge < -0.3 is 22.8 Å². The minimum atomic E-state index is -2.60. The number of benzene rings is 3. The van der Waals surface area contributed by atoms with Crippen LogP contribution < -0.4 is 15.9 Å². The number of rotatable bonds is 26. The molecule has 2 unspecified atom stereocenters. The highest BCUT2D eigenvalue weighted by atomic mass is 31.2. The second-order valence-corrected chi connectivity index (χ2v) is 32.2. The van der Waals surface area contributed by atoms with E-state index >= 15 is 0 Å². The predicted octanol–water partition coefficient (Wildman–Crippen LogP) is 13.0. The molecule has 0 aliphatic rings. The maximum absolute atomic E-state index is 14.4. The Morgan fingerprint density at radius 2 is 0.537 bits per heavy atom. The lowest BCUT2D eigenvalue weighted by molar-refractivity contribution is 0.570. The van der Waals surface area contributed by atoms with E-state index in [-0.39, 0.29) is 0 Å². The second-order valence-electron chi connectivity index (χ2n) is 15.0. The van der Waals surface area contributed by atoms with Crippen LogP contribution in [0.4, 0.5) is 0 Å². The van der Waals surface area contributed by atoms with Crippen LogP contribution in [0.2, 0.25) is 0 Å². The van der Waals surface area contributed by atoms with Gasteiger partial charge in [0.05, 0.1) is 14.3 Å². The highest BCUT2D eigenvalue weighted by Crippen LogP contribution is 2.53. The molecule has 304 valence electrons. The number of hydrogen-bond acceptors (Lipinski definition) is 5. The summed E-state index contributed by atoms with van der Waals surface area (Å²) >= 11 is 0. The van der Waals surface area contributed by atoms with Gasteiger partial charge in [-0.1, -0.05) is 145 Å². The van der Waals surface area contributed by atoms with Crippen molar-refractivity contribution in [1.29, 1.82) is 0 Å². The summed E-state index contributed by atoms with van der Waals surface area (Å²) < 4.78 is 66.6. The van der Waals surface area contributed by atoms with E-state index in [4.69, 9.17) is 0 Å². The Bertz CT molecular complexity index is 1570. The first-order chi connectivity index (χ1) is 25.8. The molecule has 0 N–H and O–H groups in total. The smallest absolute Gasteiger partial charge is 0.115 e. The quantitative estimate of drug-likeness (QED) is 0.0594. The molecule has 0 amide bonds. The third-order valence-electron chi connectivity index (χ3n) is 11.2. The normalized spacial score (nSPS) is 15.3. The van der Waals surface area contributed by atoms with Gasteiger partial charge in [0.15, 0.2) is 0 Å². The van der Waals surface area contributed by atoms with Gasteiger partial charge in [0.25, 0.3) is 0 Å². The minimum Gasteiger partial charge on any atom is -0.324 e. The van der Waals surface area contributed by atoms with E-state index in [1.165, 1.54) is 0 Å². The summed E-state index contributed by atoms with van der Waals surface area (Å²) in [6, 6.07) is 29.9. The monoisotopic (exact) mass is 836 g/mol. The van der Waals surface area contributed by atoms with Crippen LogP contribution in [0.5, 0.6) is 0 Å². The van der Waals surface area contributed by atoms with E-state index in [1.807, 2.05) is 119 Å². The van der Waals surface area contributed by atoms with Gasteiger partial charge in [-0.25, -0.2) is 0 Å². The standard InChI is InChI=1S/C34H49O3P3.C10H24O2P2/c1-3-5-26-38(35,32-20-10-7-11-21-32)28-16-18-30-40(37,34-24-14-9-15-25-34)31-19-17-29-39(36,27-6-4-2)33-22-12-8-13-23-33;1-5-13(11,6-2)9-10-14(12,7-3)8-4/h7-15,20-25H,3-6,16-19,26-31H2,1-2H3;5-10H2,1-4H3. The molecule has 54 heavy (non-hydrogen) atoms. The topological polar surface area (TPSA) is 85.3 Å². The van der Waals surface area contributed by atoms with Crippen molar-refractivity contribution in [1.82, 2.24) is 0 Å². The van der Waals surface area contributed by atoms with Gasteiger partial charge in [-0.2, -0.15) is 0 Å². The molecule has 0 aliphatic carbocycles. The lowest BCUT2D eigenvalue weighted by atomic mass is 10.4. The summed E-state index contributed by atoms with van der Waals surface area (Å²) in [5.74, 6) is 0. The molecule has 5 nitrogen and oxygen atoms in total. The van der Waals surface area contributed by atoms with E-state index in [2.05, 4.69) is 13.8 Å². The molecule has 0 radical (unpaired) electrons. The first kappa shape index (κ1) is 49.0. The lowest BCUT2D eigenvalue weighted by Gasteiger charge is -2.22. The summed E-state index contributed by atoms with van der Waals surface area (Å²) in [4.78, 5) is 0. The third-order valence-corrected chi connectivity index (χ3v) is 28.2. The van der Waals surface area contributed by atoms with Gasteiger partial charge in [0.1, 0.15) is 21.4 Å². The molecule has 0 saturated heterocycles. The molecule has 0 heterocycles. The van der Waals surface area contributed by atoms with Crippen LogP contribution >= 0.6 is 35.7 Å². The molecule has 0 spiro atoms. The summed E-state index contributed by atoms with van der Waals surface area (Å²) in [7, 11) is -11.4. The van der Waals surface area contributed by atoms with Crippen LogP contribution in [0.25, 0.3) is 0 Å². The lowest BCUT2D eigenvalue weighted by Crippen LogP contribution is -2.14. The molecular formula is C44H73O5P5. The van der Waals surface area contributed by atoms with Gasteiger partial charge in [-0.05, 0) is 63.2 Å². The van der Waals surface area contributed by atoms with Crippen LogP contribution in [-0.4, -0.2) is 73.9 Å². The molecule has 2 atom stereocenters. The molecule has 3 aromatic rings. The van der Waals surface area contributed by atoms with E-state index in [0.717, 1.165) is 104 Å². The Kier molecular flexibility index (Phi) is 22.9. The van der Waals surface area contributed by atoms with Crippen molar-refractivity contribution in [2.45, 2.75) is 92.9 Å². The van der Waals surface area contributed by atoms with Gasteiger partial charge in [0, 0.05) is 65.2 Å². The Balaban J connectivity index is 0.000000610. The maximum atomic E-state index is 14.4. The largest absolute Gasteiger partial charge is 0.324 e. The van der Waals surface area contributed by atoms with Crippen molar-refractivity contribution in [3.8, 4) is 0 Å². The molecule has 0 aromatic heterocycles. The van der Waals surface area contributed by atoms with Gasteiger partial charge in [-0.15, -0.1) is 0 Å². The maximum Gasteiger partial charge on any atom is 0.115 e. The fourth-order valence-corrected chi connectivity index (χ4v) is 21.0. The van der Waals surface area contributed by atoms with Crippen molar-refractivity contribution in [2.24, 2.45) is 0 Å². The molecule has 3 aromatic carbocycles. The molecular weight excluding hydrogens is 763 g/mol. The predicted molar refractivity (Wildman–Crippen MR) is 246 cm³/mol. The fourth-order valence-electron chi connectivity index (χ4n) is 6.95. The van der Waals surface area contributed by atoms with Crippen molar-refractivity contribution in [3.05, 3.63) is 91.0 Å². The van der Waals surface area contributed by atoms with Gasteiger partial charge in [-0.3, -0.25) is 0 Å². The molecule has 0 saturated carbocycles. The zero-order valence-corrected chi connectivity index (χ0v) is 39.1. The van der Waals surface area contributed by atoms with E-state index in [1.54, 1.807) is 0 Å². The Labute approximate surface area is 330 Å². The third kappa shape index (κ3) is 16.3. The zero-order chi connectivity index (χ0) is 40.0. The zero-order valence-electron chi connectivity index (χ0n) is 34.6. The SMILES string of the molecule is CCCCP(=O)(CCCCP(=O)(CCCCP(=O)(CCCC)c1ccccc1)c1ccccc1)c1ccccc1.CCP(=O)(CC)CCP(=O)(CC)CC. The first-order valence-electron chi connectivity index (χ1n) is 20.9. The molecule has 3 rings (SSSR count). The van der Waals surface area contributed by atoms with E-state index in [9.17, 15) is 22.8 Å². The van der Waals surface area contributed by atoms with Crippen LogP contribution in [0.3, 0.4) is 0 Å². The van der Waals surface area contributed by atoms with E-state index < -0.39 is 35.7 Å². The van der Waals surface area contributed by atoms with Crippen LogP contribution in [0.15, 0.2) is 91.0 Å². The van der Waals surface area contributed by atoms with Crippen molar-refractivity contribution in [2.75, 3.05) is 73.9 Å². The van der Waals surface area contributed by atoms with Crippen LogP contribution in [0, 0.1) is 0 Å². The highest BCUT2D eigenvalue weighted by Gasteiger charge is 2.28. The van der Waals surface area contributed by atoms with Crippen molar-refractivity contribution in [3.63, 3.8) is 0 Å². The average molecular weight is 837 g/mol. The molecule has 10 heteroatoms. The average Bonchev–Trinajstić information content (AvgIpc) is 3.22. The minimum absolute atomic E-state index is 0.645. The van der Waals surface area contributed by atoms with Crippen molar-refractivity contribution < 1.29 is 22.8 Å². The summed E-state index contributed by atoms with van der Waals surface area (Å²) in [5.41, 5.74) is 0. The first-order valence-corrected chi connectivity index (χ1v) is 31.6. The van der Waals surface area contributed by atoms with Gasteiger partial charge >= 0.3 is 0 Å². The summed E-state index contributed by atoms with van der Waals surface area (Å²) in [5, 5.41) is 2.92. The summed E-state index contributed by atoms with van der Waals surface area (Å²) in [6.45, 7) is 12.2. The second kappa shape index (κ2) is 25.2. The Morgan fingerprint density at radius 3 is 0.741 bits per heavy atom. The molecule has 0 aliphatic heterocycles. The van der Waals surface area contributed by atoms with E-state index in [0.29, 0.717) is 37.0 Å². The van der Waals surface area contributed by atoms with Crippen LogP contribution in [0.1, 0.15) is 92.9 Å². The highest BCUT2D eigenvalue weighted by molar-refractivity contribution is 7.72. The summed E-state index contributed by atoms with van der Waals surface area (Å²) in [6.07, 6.45) is 15.9. The van der Waals surface area contributed by atoms with Crippen molar-refractivity contribution >= 4 is 51.6 Å².